The number of aryl methyl sites for hydroxylation is 2. The van der Waals surface area contributed by atoms with Crippen LogP contribution in [-0.2, 0) is 14.3 Å². The lowest BCUT2D eigenvalue weighted by molar-refractivity contribution is -0.145. The first-order chi connectivity index (χ1) is 13.9. The van der Waals surface area contributed by atoms with Gasteiger partial charge in [0.25, 0.3) is 0 Å². The summed E-state index contributed by atoms with van der Waals surface area (Å²) in [5.41, 5.74) is 3.09. The fourth-order valence-corrected chi connectivity index (χ4v) is 6.12. The van der Waals surface area contributed by atoms with E-state index >= 15 is 0 Å². The zero-order valence-corrected chi connectivity index (χ0v) is 17.8. The highest BCUT2D eigenvalue weighted by atomic mass is 79.9. The maximum atomic E-state index is 13.0. The first-order valence-electron chi connectivity index (χ1n) is 9.93. The van der Waals surface area contributed by atoms with E-state index < -0.39 is 0 Å². The number of hydrogen-bond acceptors (Lipinski definition) is 4. The van der Waals surface area contributed by atoms with Gasteiger partial charge in [0, 0.05) is 11.6 Å². The minimum Gasteiger partial charge on any atom is -0.461 e. The maximum absolute atomic E-state index is 13.0. The number of carbonyl (C=O) groups excluding carboxylic acids is 2. The Morgan fingerprint density at radius 2 is 1.79 bits per heavy atom. The Bertz CT molecular complexity index is 989. The highest BCUT2D eigenvalue weighted by molar-refractivity contribution is 9.09. The fraction of sp³-hybridized carbons (Fsp3) is 0.391. The lowest BCUT2D eigenvalue weighted by Gasteiger charge is -2.27. The third-order valence-electron chi connectivity index (χ3n) is 6.66. The number of hydrogen-bond donors (Lipinski definition) is 1. The largest absolute Gasteiger partial charge is 0.461 e. The predicted molar refractivity (Wildman–Crippen MR) is 112 cm³/mol. The number of halogens is 1. The van der Waals surface area contributed by atoms with E-state index in [-0.39, 0.29) is 46.5 Å². The Labute approximate surface area is 177 Å². The van der Waals surface area contributed by atoms with Gasteiger partial charge in [0.15, 0.2) is 0 Å². The summed E-state index contributed by atoms with van der Waals surface area (Å²) < 4.78 is 11.4. The summed E-state index contributed by atoms with van der Waals surface area (Å²) in [5, 5.41) is 2.98. The van der Waals surface area contributed by atoms with E-state index in [9.17, 15) is 9.59 Å². The first kappa shape index (κ1) is 18.7. The van der Waals surface area contributed by atoms with Crippen LogP contribution in [-0.4, -0.2) is 22.8 Å². The van der Waals surface area contributed by atoms with Crippen molar-refractivity contribution in [2.75, 3.05) is 5.32 Å². The van der Waals surface area contributed by atoms with Gasteiger partial charge in [-0.15, -0.1) is 0 Å². The number of fused-ring (bicyclic) bond motifs is 1. The summed E-state index contributed by atoms with van der Waals surface area (Å²) in [6.45, 7) is 4.12. The molecule has 1 aliphatic heterocycles. The van der Waals surface area contributed by atoms with Crippen LogP contribution in [0.1, 0.15) is 17.5 Å². The molecule has 2 bridgehead atoms. The number of amides is 1. The Morgan fingerprint density at radius 1 is 1.07 bits per heavy atom. The molecule has 5 rings (SSSR count). The van der Waals surface area contributed by atoms with E-state index in [0.29, 0.717) is 11.4 Å². The highest BCUT2D eigenvalue weighted by Gasteiger charge is 2.67. The molecule has 0 aromatic heterocycles. The second-order valence-corrected chi connectivity index (χ2v) is 9.38. The Hall–Kier alpha value is -2.34. The predicted octanol–water partition coefficient (Wildman–Crippen LogP) is 4.61. The SMILES string of the molecule is Cc1ccc(Oc2ccc(NC(=O)[C@@H]3[C@H]4C[C@H]5[C@H](OC(=O)[C@H]53)[C@@H]4Br)cc2)cc1C. The quantitative estimate of drug-likeness (QED) is 0.540. The smallest absolute Gasteiger partial charge is 0.310 e. The number of carbonyl (C=O) groups is 2. The lowest BCUT2D eigenvalue weighted by atomic mass is 9.79. The van der Waals surface area contributed by atoms with Crippen LogP contribution < -0.4 is 10.1 Å². The van der Waals surface area contributed by atoms with Gasteiger partial charge >= 0.3 is 5.97 Å². The van der Waals surface area contributed by atoms with Crippen molar-refractivity contribution in [3.63, 3.8) is 0 Å². The average molecular weight is 456 g/mol. The molecule has 2 aliphatic carbocycles. The van der Waals surface area contributed by atoms with Gasteiger partial charge in [0.2, 0.25) is 5.91 Å². The van der Waals surface area contributed by atoms with Gasteiger partial charge in [0.1, 0.15) is 17.6 Å². The number of ether oxygens (including phenoxy) is 2. The molecule has 1 saturated heterocycles. The summed E-state index contributed by atoms with van der Waals surface area (Å²) >= 11 is 3.65. The zero-order chi connectivity index (χ0) is 20.3. The monoisotopic (exact) mass is 455 g/mol. The molecule has 5 nitrogen and oxygen atoms in total. The molecule has 0 unspecified atom stereocenters. The standard InChI is InChI=1S/C23H22BrNO4/c1-11-3-6-15(9-12(11)2)28-14-7-4-13(5-8-14)25-22(26)18-16-10-17-19(18)23(27)29-21(17)20(16)24/h3-9,16-21H,10H2,1-2H3,(H,25,26)/t16-,17-,18-,19-,20-,21+/m1/s1. The fourth-order valence-electron chi connectivity index (χ4n) is 5.08. The number of anilines is 1. The van der Waals surface area contributed by atoms with Crippen molar-refractivity contribution >= 4 is 33.5 Å². The van der Waals surface area contributed by atoms with Crippen LogP contribution in [0.3, 0.4) is 0 Å². The van der Waals surface area contributed by atoms with Crippen LogP contribution in [0.15, 0.2) is 42.5 Å². The topological polar surface area (TPSA) is 64.6 Å². The van der Waals surface area contributed by atoms with Gasteiger partial charge in [0.05, 0.1) is 16.7 Å². The summed E-state index contributed by atoms with van der Waals surface area (Å²) in [6.07, 6.45) is 0.807. The molecule has 3 aliphatic rings. The van der Waals surface area contributed by atoms with Crippen molar-refractivity contribution in [1.82, 2.24) is 0 Å². The van der Waals surface area contributed by atoms with Crippen molar-refractivity contribution in [3.8, 4) is 11.5 Å². The second-order valence-electron chi connectivity index (χ2n) is 8.32. The summed E-state index contributed by atoms with van der Waals surface area (Å²) in [6, 6.07) is 13.3. The normalized spacial score (nSPS) is 31.6. The van der Waals surface area contributed by atoms with Crippen molar-refractivity contribution in [1.29, 1.82) is 0 Å². The molecule has 6 heteroatoms. The Morgan fingerprint density at radius 3 is 2.52 bits per heavy atom. The van der Waals surface area contributed by atoms with E-state index in [0.717, 1.165) is 12.2 Å². The Balaban J connectivity index is 1.27. The molecular weight excluding hydrogens is 434 g/mol. The molecule has 3 fully saturated rings. The molecule has 0 radical (unpaired) electrons. The molecular formula is C23H22BrNO4. The van der Waals surface area contributed by atoms with Crippen molar-refractivity contribution < 1.29 is 19.1 Å². The minimum absolute atomic E-state index is 0.0663. The molecule has 6 atom stereocenters. The van der Waals surface area contributed by atoms with E-state index in [1.807, 2.05) is 42.5 Å². The zero-order valence-electron chi connectivity index (χ0n) is 16.2. The average Bonchev–Trinajstić information content (AvgIpc) is 3.30. The number of nitrogens with one attached hydrogen (secondary N) is 1. The van der Waals surface area contributed by atoms with Gasteiger partial charge in [-0.2, -0.15) is 0 Å². The molecule has 150 valence electrons. The third-order valence-corrected chi connectivity index (χ3v) is 7.86. The number of esters is 1. The molecule has 0 spiro atoms. The first-order valence-corrected chi connectivity index (χ1v) is 10.8. The Kier molecular flexibility index (Phi) is 4.42. The van der Waals surface area contributed by atoms with E-state index in [2.05, 4.69) is 35.1 Å². The van der Waals surface area contributed by atoms with Crippen LogP contribution in [0.4, 0.5) is 5.69 Å². The van der Waals surface area contributed by atoms with Crippen LogP contribution in [0.2, 0.25) is 0 Å². The van der Waals surface area contributed by atoms with Crippen molar-refractivity contribution in [2.24, 2.45) is 23.7 Å². The highest BCUT2D eigenvalue weighted by Crippen LogP contribution is 2.60. The third kappa shape index (κ3) is 3.05. The van der Waals surface area contributed by atoms with Gasteiger partial charge in [-0.05, 0) is 73.7 Å². The number of benzene rings is 2. The number of rotatable bonds is 4. The van der Waals surface area contributed by atoms with E-state index in [1.165, 1.54) is 11.1 Å². The van der Waals surface area contributed by atoms with Crippen LogP contribution in [0, 0.1) is 37.5 Å². The van der Waals surface area contributed by atoms with E-state index in [1.54, 1.807) is 0 Å². The summed E-state index contributed by atoms with van der Waals surface area (Å²) in [5.74, 6) is 0.843. The summed E-state index contributed by atoms with van der Waals surface area (Å²) in [7, 11) is 0. The second kappa shape index (κ2) is 6.87. The van der Waals surface area contributed by atoms with Crippen LogP contribution in [0.25, 0.3) is 0 Å². The molecule has 1 N–H and O–H groups in total. The maximum Gasteiger partial charge on any atom is 0.310 e. The van der Waals surface area contributed by atoms with Crippen LogP contribution in [0.5, 0.6) is 11.5 Å². The van der Waals surface area contributed by atoms with Crippen molar-refractivity contribution in [3.05, 3.63) is 53.6 Å². The van der Waals surface area contributed by atoms with Crippen molar-refractivity contribution in [2.45, 2.75) is 31.2 Å². The minimum atomic E-state index is -0.331. The van der Waals surface area contributed by atoms with Gasteiger partial charge in [-0.25, -0.2) is 0 Å². The lowest BCUT2D eigenvalue weighted by Crippen LogP contribution is -2.40. The van der Waals surface area contributed by atoms with Gasteiger partial charge in [-0.1, -0.05) is 22.0 Å². The van der Waals surface area contributed by atoms with Gasteiger partial charge < -0.3 is 14.8 Å². The van der Waals surface area contributed by atoms with E-state index in [4.69, 9.17) is 9.47 Å². The molecule has 29 heavy (non-hydrogen) atoms. The molecule has 2 saturated carbocycles. The molecule has 2 aromatic carbocycles. The number of alkyl halides is 1. The summed E-state index contributed by atoms with van der Waals surface area (Å²) in [4.78, 5) is 25.3. The molecule has 2 aromatic rings. The van der Waals surface area contributed by atoms with Crippen LogP contribution >= 0.6 is 15.9 Å². The van der Waals surface area contributed by atoms with Gasteiger partial charge in [-0.3, -0.25) is 9.59 Å². The molecule has 1 heterocycles. The molecule has 1 amide bonds.